The van der Waals surface area contributed by atoms with Gasteiger partial charge in [-0.1, -0.05) is 44.2 Å². The van der Waals surface area contributed by atoms with Crippen molar-refractivity contribution in [3.63, 3.8) is 0 Å². The van der Waals surface area contributed by atoms with Gasteiger partial charge in [0.1, 0.15) is 5.54 Å². The van der Waals surface area contributed by atoms with Crippen LogP contribution in [0.4, 0.5) is 0 Å². The molecule has 0 aromatic heterocycles. The van der Waals surface area contributed by atoms with Gasteiger partial charge in [-0.2, -0.15) is 0 Å². The predicted octanol–water partition coefficient (Wildman–Crippen LogP) is 1.71. The first kappa shape index (κ1) is 16.0. The van der Waals surface area contributed by atoms with E-state index in [-0.39, 0.29) is 5.91 Å². The van der Waals surface area contributed by atoms with Crippen LogP contribution in [0.5, 0.6) is 0 Å². The van der Waals surface area contributed by atoms with E-state index in [1.165, 1.54) is 6.42 Å². The molecule has 21 heavy (non-hydrogen) atoms. The fraction of sp³-hybridized carbons (Fsp3) is 0.588. The third-order valence-corrected chi connectivity index (χ3v) is 4.67. The highest BCUT2D eigenvalue weighted by Gasteiger charge is 2.38. The first-order chi connectivity index (χ1) is 9.89. The third kappa shape index (κ3) is 3.44. The van der Waals surface area contributed by atoms with Gasteiger partial charge in [0.05, 0.1) is 0 Å². The second kappa shape index (κ2) is 6.16. The summed E-state index contributed by atoms with van der Waals surface area (Å²) in [5.74, 6) is -0.311. The molecular formula is C17H27N3O. The Morgan fingerprint density at radius 2 is 2.05 bits per heavy atom. The molecule has 116 valence electrons. The summed E-state index contributed by atoms with van der Waals surface area (Å²) in [5, 5.41) is 3.17. The molecule has 1 unspecified atom stereocenters. The smallest absolute Gasteiger partial charge is 0.242 e. The topological polar surface area (TPSA) is 58.4 Å². The SMILES string of the molecule is CNC(CCN1CCC(C)(C)C1)(C(N)=O)c1ccccc1. The minimum atomic E-state index is -0.784. The fourth-order valence-electron chi connectivity index (χ4n) is 3.27. The molecule has 0 spiro atoms. The van der Waals surface area contributed by atoms with Gasteiger partial charge in [0.25, 0.3) is 0 Å². The molecule has 4 heteroatoms. The summed E-state index contributed by atoms with van der Waals surface area (Å²) in [5.41, 5.74) is 6.27. The Bertz CT molecular complexity index is 486. The molecule has 3 N–H and O–H groups in total. The lowest BCUT2D eigenvalue weighted by Crippen LogP contribution is -2.52. The van der Waals surface area contributed by atoms with E-state index in [2.05, 4.69) is 24.1 Å². The summed E-state index contributed by atoms with van der Waals surface area (Å²) < 4.78 is 0. The molecule has 0 saturated carbocycles. The number of carbonyl (C=O) groups is 1. The van der Waals surface area contributed by atoms with Crippen LogP contribution in [0.15, 0.2) is 30.3 Å². The zero-order chi connectivity index (χ0) is 15.5. The van der Waals surface area contributed by atoms with Gasteiger partial charge in [-0.15, -0.1) is 0 Å². The Kier molecular flexibility index (Phi) is 4.69. The van der Waals surface area contributed by atoms with Crippen LogP contribution in [-0.2, 0) is 10.3 Å². The Hall–Kier alpha value is -1.39. The maximum Gasteiger partial charge on any atom is 0.242 e. The number of amides is 1. The lowest BCUT2D eigenvalue weighted by Gasteiger charge is -2.33. The van der Waals surface area contributed by atoms with E-state index >= 15 is 0 Å². The Balaban J connectivity index is 2.13. The number of hydrogen-bond donors (Lipinski definition) is 2. The van der Waals surface area contributed by atoms with Crippen molar-refractivity contribution in [1.82, 2.24) is 10.2 Å². The van der Waals surface area contributed by atoms with E-state index in [4.69, 9.17) is 5.73 Å². The van der Waals surface area contributed by atoms with E-state index in [1.807, 2.05) is 37.4 Å². The molecule has 4 nitrogen and oxygen atoms in total. The predicted molar refractivity (Wildman–Crippen MR) is 85.8 cm³/mol. The molecule has 0 radical (unpaired) electrons. The number of rotatable bonds is 6. The van der Waals surface area contributed by atoms with Crippen molar-refractivity contribution in [2.75, 3.05) is 26.7 Å². The summed E-state index contributed by atoms with van der Waals surface area (Å²) in [7, 11) is 1.81. The zero-order valence-corrected chi connectivity index (χ0v) is 13.4. The summed E-state index contributed by atoms with van der Waals surface area (Å²) in [6.45, 7) is 7.65. The van der Waals surface area contributed by atoms with Crippen molar-refractivity contribution >= 4 is 5.91 Å². The summed E-state index contributed by atoms with van der Waals surface area (Å²) in [6.07, 6.45) is 1.90. The Morgan fingerprint density at radius 3 is 2.52 bits per heavy atom. The first-order valence-electron chi connectivity index (χ1n) is 7.66. The lowest BCUT2D eigenvalue weighted by atomic mass is 9.85. The number of nitrogens with two attached hydrogens (primary N) is 1. The number of likely N-dealkylation sites (tertiary alicyclic amines) is 1. The van der Waals surface area contributed by atoms with Gasteiger partial charge in [-0.3, -0.25) is 4.79 Å². The molecule has 1 saturated heterocycles. The van der Waals surface area contributed by atoms with Crippen LogP contribution in [-0.4, -0.2) is 37.5 Å². The van der Waals surface area contributed by atoms with Crippen molar-refractivity contribution < 1.29 is 4.79 Å². The Morgan fingerprint density at radius 1 is 1.38 bits per heavy atom. The fourth-order valence-corrected chi connectivity index (χ4v) is 3.27. The summed E-state index contributed by atoms with van der Waals surface area (Å²) in [4.78, 5) is 14.6. The van der Waals surface area contributed by atoms with Crippen LogP contribution >= 0.6 is 0 Å². The molecule has 1 heterocycles. The maximum atomic E-state index is 12.1. The van der Waals surface area contributed by atoms with Crippen molar-refractivity contribution in [1.29, 1.82) is 0 Å². The van der Waals surface area contributed by atoms with E-state index in [0.29, 0.717) is 11.8 Å². The van der Waals surface area contributed by atoms with E-state index in [1.54, 1.807) is 0 Å². The quantitative estimate of drug-likeness (QED) is 0.838. The van der Waals surface area contributed by atoms with Crippen molar-refractivity contribution in [3.05, 3.63) is 35.9 Å². The van der Waals surface area contributed by atoms with Gasteiger partial charge in [-0.05, 0) is 37.4 Å². The molecule has 0 aliphatic carbocycles. The number of benzene rings is 1. The number of likely N-dealkylation sites (N-methyl/N-ethyl adjacent to an activating group) is 1. The summed E-state index contributed by atoms with van der Waals surface area (Å²) >= 11 is 0. The summed E-state index contributed by atoms with van der Waals surface area (Å²) in [6, 6.07) is 9.78. The molecule has 1 fully saturated rings. The van der Waals surface area contributed by atoms with Crippen LogP contribution in [0.25, 0.3) is 0 Å². The van der Waals surface area contributed by atoms with Crippen LogP contribution in [0.1, 0.15) is 32.3 Å². The van der Waals surface area contributed by atoms with Gasteiger partial charge in [0.2, 0.25) is 5.91 Å². The van der Waals surface area contributed by atoms with Crippen LogP contribution in [0.3, 0.4) is 0 Å². The highest BCUT2D eigenvalue weighted by Crippen LogP contribution is 2.31. The van der Waals surface area contributed by atoms with Crippen molar-refractivity contribution in [2.24, 2.45) is 11.1 Å². The number of nitrogens with one attached hydrogen (secondary N) is 1. The molecule has 1 atom stereocenters. The molecule has 2 rings (SSSR count). The van der Waals surface area contributed by atoms with Gasteiger partial charge in [-0.25, -0.2) is 0 Å². The van der Waals surface area contributed by atoms with E-state index in [0.717, 1.165) is 25.2 Å². The molecule has 0 bridgehead atoms. The van der Waals surface area contributed by atoms with Gasteiger partial charge < -0.3 is 16.0 Å². The van der Waals surface area contributed by atoms with Crippen LogP contribution in [0, 0.1) is 5.41 Å². The van der Waals surface area contributed by atoms with Crippen molar-refractivity contribution in [3.8, 4) is 0 Å². The minimum Gasteiger partial charge on any atom is -0.368 e. The minimum absolute atomic E-state index is 0.311. The maximum absolute atomic E-state index is 12.1. The van der Waals surface area contributed by atoms with Gasteiger partial charge >= 0.3 is 0 Å². The molecule has 1 aliphatic heterocycles. The third-order valence-electron chi connectivity index (χ3n) is 4.67. The molecule has 1 amide bonds. The largest absolute Gasteiger partial charge is 0.368 e. The first-order valence-corrected chi connectivity index (χ1v) is 7.66. The normalized spacial score (nSPS) is 21.1. The van der Waals surface area contributed by atoms with Crippen LogP contribution in [0.2, 0.25) is 0 Å². The molecule has 1 aromatic carbocycles. The van der Waals surface area contributed by atoms with Crippen LogP contribution < -0.4 is 11.1 Å². The zero-order valence-electron chi connectivity index (χ0n) is 13.4. The number of nitrogens with zero attached hydrogens (tertiary/aromatic N) is 1. The highest BCUT2D eigenvalue weighted by atomic mass is 16.1. The standard InChI is InChI=1S/C17H27N3O/c1-16(2)9-11-20(13-16)12-10-17(19-3,15(18)21)14-7-5-4-6-8-14/h4-8,19H,9-13H2,1-3H3,(H2,18,21). The monoisotopic (exact) mass is 289 g/mol. The van der Waals surface area contributed by atoms with Crippen molar-refractivity contribution in [2.45, 2.75) is 32.2 Å². The average Bonchev–Trinajstić information content (AvgIpc) is 2.80. The molecule has 1 aliphatic rings. The van der Waals surface area contributed by atoms with E-state index in [9.17, 15) is 4.79 Å². The number of hydrogen-bond acceptors (Lipinski definition) is 3. The number of carbonyl (C=O) groups excluding carboxylic acids is 1. The van der Waals surface area contributed by atoms with Gasteiger partial charge in [0, 0.05) is 13.1 Å². The molecular weight excluding hydrogens is 262 g/mol. The second-order valence-electron chi connectivity index (χ2n) is 6.83. The molecule has 1 aromatic rings. The number of primary amides is 1. The van der Waals surface area contributed by atoms with E-state index < -0.39 is 5.54 Å². The average molecular weight is 289 g/mol. The highest BCUT2D eigenvalue weighted by molar-refractivity contribution is 5.86. The Labute approximate surface area is 127 Å². The lowest BCUT2D eigenvalue weighted by molar-refractivity contribution is -0.125. The second-order valence-corrected chi connectivity index (χ2v) is 6.83. The van der Waals surface area contributed by atoms with Gasteiger partial charge in [0.15, 0.2) is 0 Å².